The Labute approximate surface area is 190 Å². The molecule has 0 radical (unpaired) electrons. The van der Waals surface area contributed by atoms with Gasteiger partial charge in [-0.3, -0.25) is 9.59 Å². The predicted molar refractivity (Wildman–Crippen MR) is 121 cm³/mol. The Balaban J connectivity index is 1.50. The molecule has 33 heavy (non-hydrogen) atoms. The Morgan fingerprint density at radius 3 is 2.27 bits per heavy atom. The molecule has 3 aromatic carbocycles. The van der Waals surface area contributed by atoms with E-state index in [1.165, 1.54) is 24.3 Å². The lowest BCUT2D eigenvalue weighted by Gasteiger charge is -2.58. The van der Waals surface area contributed by atoms with E-state index >= 15 is 0 Å². The lowest BCUT2D eigenvalue weighted by atomic mass is 9.71. The van der Waals surface area contributed by atoms with Crippen LogP contribution in [-0.2, 0) is 0 Å². The average molecular weight is 446 g/mol. The summed E-state index contributed by atoms with van der Waals surface area (Å²) in [7, 11) is 1.57. The normalized spacial score (nSPS) is 21.0. The molecule has 0 saturated carbocycles. The van der Waals surface area contributed by atoms with Crippen molar-refractivity contribution >= 4 is 17.5 Å². The van der Waals surface area contributed by atoms with Gasteiger partial charge in [-0.25, -0.2) is 4.39 Å². The molecule has 5 rings (SSSR count). The first kappa shape index (κ1) is 21.2. The summed E-state index contributed by atoms with van der Waals surface area (Å²) in [6.45, 7) is 0.102. The summed E-state index contributed by atoms with van der Waals surface area (Å²) in [6, 6.07) is 19.2. The highest BCUT2D eigenvalue weighted by atomic mass is 19.1. The maximum Gasteiger partial charge on any atom is 0.258 e. The molecular formula is C26H23FN2O4. The second kappa shape index (κ2) is 8.33. The monoisotopic (exact) mass is 446 g/mol. The Morgan fingerprint density at radius 2 is 1.61 bits per heavy atom. The maximum absolute atomic E-state index is 13.5. The van der Waals surface area contributed by atoms with Crippen molar-refractivity contribution in [3.05, 3.63) is 95.3 Å². The summed E-state index contributed by atoms with van der Waals surface area (Å²) < 4.78 is 18.5. The summed E-state index contributed by atoms with van der Waals surface area (Å²) in [5.41, 5.74) is 2.57. The molecule has 3 atom stereocenters. The van der Waals surface area contributed by atoms with E-state index in [9.17, 15) is 19.1 Å². The van der Waals surface area contributed by atoms with Crippen LogP contribution in [-0.4, -0.2) is 54.2 Å². The molecule has 2 amide bonds. The molecular weight excluding hydrogens is 423 g/mol. The van der Waals surface area contributed by atoms with Gasteiger partial charge in [0.1, 0.15) is 11.6 Å². The number of nitrogens with zero attached hydrogens (tertiary/aromatic N) is 2. The zero-order chi connectivity index (χ0) is 23.1. The van der Waals surface area contributed by atoms with Crippen LogP contribution in [0, 0.1) is 5.82 Å². The quantitative estimate of drug-likeness (QED) is 0.667. The molecule has 2 heterocycles. The highest BCUT2D eigenvalue weighted by molar-refractivity contribution is 6.07. The van der Waals surface area contributed by atoms with Gasteiger partial charge in [0.15, 0.2) is 0 Å². The highest BCUT2D eigenvalue weighted by Crippen LogP contribution is 2.48. The van der Waals surface area contributed by atoms with Crippen molar-refractivity contribution in [3.63, 3.8) is 0 Å². The standard InChI is InChI=1S/C26H23FN2O4/c1-33-19-12-8-16(9-13-19)25(31)28-14-22-24(20-4-2-3-5-21(20)28)23(15-30)29(22)26(32)17-6-10-18(27)11-7-17/h2-13,22-24,30H,14-15H2,1H3/t22-,23+,24+/m1/s1. The van der Waals surface area contributed by atoms with Gasteiger partial charge in [-0.15, -0.1) is 0 Å². The number of methoxy groups -OCH3 is 1. The van der Waals surface area contributed by atoms with Crippen molar-refractivity contribution in [1.29, 1.82) is 0 Å². The first-order chi connectivity index (χ1) is 16.0. The number of anilines is 1. The fourth-order valence-electron chi connectivity index (χ4n) is 4.99. The third-order valence-corrected chi connectivity index (χ3v) is 6.59. The molecule has 1 saturated heterocycles. The van der Waals surface area contributed by atoms with Crippen LogP contribution in [0.3, 0.4) is 0 Å². The SMILES string of the molecule is COc1ccc(C(=O)N2C[C@@H]3[C@H](c4ccccc42)[C@H](CO)N3C(=O)c2ccc(F)cc2)cc1. The molecule has 0 bridgehead atoms. The number of ether oxygens (including phenoxy) is 1. The van der Waals surface area contributed by atoms with Crippen molar-refractivity contribution in [1.82, 2.24) is 4.90 Å². The molecule has 1 fully saturated rings. The minimum atomic E-state index is -0.422. The predicted octanol–water partition coefficient (Wildman–Crippen LogP) is 3.46. The molecule has 6 nitrogen and oxygen atoms in total. The zero-order valence-corrected chi connectivity index (χ0v) is 18.0. The molecule has 2 aliphatic heterocycles. The van der Waals surface area contributed by atoms with Gasteiger partial charge in [-0.1, -0.05) is 18.2 Å². The number of carbonyl (C=O) groups is 2. The highest BCUT2D eigenvalue weighted by Gasteiger charge is 2.55. The van der Waals surface area contributed by atoms with Crippen LogP contribution in [0.5, 0.6) is 5.75 Å². The van der Waals surface area contributed by atoms with Crippen LogP contribution in [0.1, 0.15) is 32.2 Å². The number of aliphatic hydroxyl groups is 1. The Morgan fingerprint density at radius 1 is 0.970 bits per heavy atom. The summed E-state index contributed by atoms with van der Waals surface area (Å²) in [6.07, 6.45) is 0. The zero-order valence-electron chi connectivity index (χ0n) is 18.0. The Hall–Kier alpha value is -3.71. The molecule has 7 heteroatoms. The topological polar surface area (TPSA) is 70.1 Å². The van der Waals surface area contributed by atoms with Gasteiger partial charge < -0.3 is 19.6 Å². The fraction of sp³-hybridized carbons (Fsp3) is 0.231. The summed E-state index contributed by atoms with van der Waals surface area (Å²) in [5.74, 6) is -0.312. The van der Waals surface area contributed by atoms with Gasteiger partial charge in [0.05, 0.1) is 25.8 Å². The number of halogens is 1. The largest absolute Gasteiger partial charge is 0.497 e. The van der Waals surface area contributed by atoms with E-state index in [0.29, 0.717) is 23.4 Å². The number of para-hydroxylation sites is 1. The first-order valence-electron chi connectivity index (χ1n) is 10.8. The Kier molecular flexibility index (Phi) is 5.34. The minimum absolute atomic E-state index is 0.0875. The van der Waals surface area contributed by atoms with Crippen molar-refractivity contribution in [2.45, 2.75) is 18.0 Å². The van der Waals surface area contributed by atoms with Crippen LogP contribution in [0.2, 0.25) is 0 Å². The lowest BCUT2D eigenvalue weighted by molar-refractivity contribution is -0.0246. The van der Waals surface area contributed by atoms with Crippen molar-refractivity contribution in [2.75, 3.05) is 25.2 Å². The fourth-order valence-corrected chi connectivity index (χ4v) is 4.99. The maximum atomic E-state index is 13.5. The second-order valence-electron chi connectivity index (χ2n) is 8.27. The van der Waals surface area contributed by atoms with E-state index < -0.39 is 11.9 Å². The van der Waals surface area contributed by atoms with E-state index in [-0.39, 0.29) is 30.4 Å². The second-order valence-corrected chi connectivity index (χ2v) is 8.27. The van der Waals surface area contributed by atoms with E-state index in [1.807, 2.05) is 24.3 Å². The molecule has 2 aliphatic rings. The summed E-state index contributed by atoms with van der Waals surface area (Å²) in [4.78, 5) is 30.0. The van der Waals surface area contributed by atoms with E-state index in [0.717, 1.165) is 11.3 Å². The van der Waals surface area contributed by atoms with Crippen LogP contribution in [0.15, 0.2) is 72.8 Å². The first-order valence-corrected chi connectivity index (χ1v) is 10.8. The van der Waals surface area contributed by atoms with Crippen LogP contribution in [0.25, 0.3) is 0 Å². The number of hydrogen-bond donors (Lipinski definition) is 1. The number of amides is 2. The molecule has 0 aromatic heterocycles. The van der Waals surface area contributed by atoms with Gasteiger partial charge in [0, 0.05) is 29.3 Å². The van der Waals surface area contributed by atoms with Crippen molar-refractivity contribution in [2.24, 2.45) is 0 Å². The van der Waals surface area contributed by atoms with Gasteiger partial charge in [-0.05, 0) is 60.2 Å². The van der Waals surface area contributed by atoms with Crippen molar-refractivity contribution < 1.29 is 23.8 Å². The van der Waals surface area contributed by atoms with Gasteiger partial charge in [-0.2, -0.15) is 0 Å². The summed E-state index contributed by atoms with van der Waals surface area (Å²) >= 11 is 0. The molecule has 168 valence electrons. The van der Waals surface area contributed by atoms with E-state index in [4.69, 9.17) is 4.74 Å². The molecule has 3 aromatic rings. The number of rotatable bonds is 4. The van der Waals surface area contributed by atoms with Gasteiger partial charge >= 0.3 is 0 Å². The number of aliphatic hydroxyl groups excluding tert-OH is 1. The van der Waals surface area contributed by atoms with E-state index in [1.54, 1.807) is 41.2 Å². The van der Waals surface area contributed by atoms with Crippen LogP contribution < -0.4 is 9.64 Å². The third-order valence-electron chi connectivity index (χ3n) is 6.59. The lowest BCUT2D eigenvalue weighted by Crippen LogP contribution is -2.70. The van der Waals surface area contributed by atoms with Gasteiger partial charge in [0.2, 0.25) is 0 Å². The Bertz CT molecular complexity index is 1200. The third kappa shape index (κ3) is 3.45. The molecule has 0 spiro atoms. The molecule has 0 unspecified atom stereocenters. The van der Waals surface area contributed by atoms with E-state index in [2.05, 4.69) is 0 Å². The summed E-state index contributed by atoms with van der Waals surface area (Å²) in [5, 5.41) is 10.1. The number of carbonyl (C=O) groups excluding carboxylic acids is 2. The van der Waals surface area contributed by atoms with Crippen LogP contribution >= 0.6 is 0 Å². The number of likely N-dealkylation sites (tertiary alicyclic amines) is 1. The van der Waals surface area contributed by atoms with Crippen LogP contribution in [0.4, 0.5) is 10.1 Å². The number of fused-ring (bicyclic) bond motifs is 3. The number of benzene rings is 3. The smallest absolute Gasteiger partial charge is 0.258 e. The van der Waals surface area contributed by atoms with Gasteiger partial charge in [0.25, 0.3) is 11.8 Å². The average Bonchev–Trinajstić information content (AvgIpc) is 2.84. The minimum Gasteiger partial charge on any atom is -0.497 e. The molecule has 1 N–H and O–H groups in total. The molecule has 0 aliphatic carbocycles. The van der Waals surface area contributed by atoms with Crippen molar-refractivity contribution in [3.8, 4) is 5.75 Å². The number of hydrogen-bond acceptors (Lipinski definition) is 4.